The third-order valence-electron chi connectivity index (χ3n) is 3.49. The van der Waals surface area contributed by atoms with Gasteiger partial charge in [-0.15, -0.1) is 0 Å². The average Bonchev–Trinajstić information content (AvgIpc) is 2.71. The number of nitrogens with zero attached hydrogens (tertiary/aromatic N) is 1. The first kappa shape index (κ1) is 17.5. The van der Waals surface area contributed by atoms with Crippen LogP contribution in [0.4, 0.5) is 9.18 Å². The zero-order valence-corrected chi connectivity index (χ0v) is 14.3. The zero-order valence-electron chi connectivity index (χ0n) is 14.3. The highest BCUT2D eigenvalue weighted by atomic mass is 19.1. The van der Waals surface area contributed by atoms with Gasteiger partial charge in [-0.05, 0) is 52.3 Å². The van der Waals surface area contributed by atoms with E-state index >= 15 is 0 Å². The van der Waals surface area contributed by atoms with Crippen molar-refractivity contribution in [3.63, 3.8) is 0 Å². The fourth-order valence-electron chi connectivity index (χ4n) is 2.44. The predicted molar refractivity (Wildman–Crippen MR) is 87.3 cm³/mol. The lowest BCUT2D eigenvalue weighted by Crippen LogP contribution is -2.49. The molecule has 1 aromatic carbocycles. The normalized spacial score (nSPS) is 21.0. The molecule has 1 aliphatic heterocycles. The summed E-state index contributed by atoms with van der Waals surface area (Å²) in [5, 5.41) is 0. The molecule has 1 heterocycles. The topological polar surface area (TPSA) is 38.8 Å². The molecule has 0 saturated carbocycles. The Bertz CT molecular complexity index is 587. The summed E-state index contributed by atoms with van der Waals surface area (Å²) >= 11 is 0. The predicted octanol–water partition coefficient (Wildman–Crippen LogP) is 4.21. The molecule has 0 N–H and O–H groups in total. The van der Waals surface area contributed by atoms with Crippen molar-refractivity contribution in [2.75, 3.05) is 6.61 Å². The molecule has 5 heteroatoms. The molecule has 126 valence electrons. The van der Waals surface area contributed by atoms with Crippen molar-refractivity contribution in [2.24, 2.45) is 0 Å². The molecular weight excluding hydrogens is 297 g/mol. The van der Waals surface area contributed by atoms with E-state index in [-0.39, 0.29) is 11.9 Å². The molecule has 4 nitrogen and oxygen atoms in total. The number of ether oxygens (including phenoxy) is 2. The van der Waals surface area contributed by atoms with E-state index < -0.39 is 17.4 Å². The van der Waals surface area contributed by atoms with Crippen molar-refractivity contribution in [2.45, 2.75) is 52.0 Å². The van der Waals surface area contributed by atoms with Crippen LogP contribution in [-0.2, 0) is 9.47 Å². The maximum absolute atomic E-state index is 12.9. The van der Waals surface area contributed by atoms with Crippen LogP contribution < -0.4 is 0 Å². The molecule has 1 atom stereocenters. The Labute approximate surface area is 136 Å². The summed E-state index contributed by atoms with van der Waals surface area (Å²) in [5.41, 5.74) is -0.443. The van der Waals surface area contributed by atoms with Crippen LogP contribution in [0.3, 0.4) is 0 Å². The number of hydrogen-bond acceptors (Lipinski definition) is 3. The molecule has 0 aliphatic carbocycles. The molecule has 1 saturated heterocycles. The van der Waals surface area contributed by atoms with Gasteiger partial charge >= 0.3 is 6.09 Å². The molecule has 1 aliphatic rings. The van der Waals surface area contributed by atoms with Gasteiger partial charge in [0.1, 0.15) is 17.1 Å². The molecule has 0 unspecified atom stereocenters. The second-order valence-corrected chi connectivity index (χ2v) is 7.09. The quantitative estimate of drug-likeness (QED) is 0.819. The third-order valence-corrected chi connectivity index (χ3v) is 3.49. The van der Waals surface area contributed by atoms with Crippen molar-refractivity contribution >= 4 is 12.2 Å². The van der Waals surface area contributed by atoms with Gasteiger partial charge in [0.2, 0.25) is 0 Å². The summed E-state index contributed by atoms with van der Waals surface area (Å²) < 4.78 is 24.1. The summed E-state index contributed by atoms with van der Waals surface area (Å²) in [6.07, 6.45) is 3.33. The largest absolute Gasteiger partial charge is 0.444 e. The van der Waals surface area contributed by atoms with Crippen LogP contribution in [0.25, 0.3) is 6.08 Å². The minimum atomic E-state index is -0.736. The van der Waals surface area contributed by atoms with Crippen LogP contribution in [0.1, 0.15) is 40.2 Å². The van der Waals surface area contributed by atoms with E-state index in [0.29, 0.717) is 6.61 Å². The molecule has 0 spiro atoms. The molecule has 23 heavy (non-hydrogen) atoms. The van der Waals surface area contributed by atoms with Gasteiger partial charge in [-0.3, -0.25) is 4.90 Å². The van der Waals surface area contributed by atoms with Crippen LogP contribution in [0.15, 0.2) is 30.3 Å². The number of carbonyl (C=O) groups excluding carboxylic acids is 1. The summed E-state index contributed by atoms with van der Waals surface area (Å²) in [7, 11) is 0. The monoisotopic (exact) mass is 321 g/mol. The molecule has 1 amide bonds. The van der Waals surface area contributed by atoms with Gasteiger partial charge in [0.15, 0.2) is 0 Å². The SMILES string of the molecule is CC(C)(C)OC(=O)N1[C@H](/C=C/c2ccc(F)cc2)COC1(C)C. The Kier molecular flexibility index (Phi) is 4.80. The summed E-state index contributed by atoms with van der Waals surface area (Å²) in [4.78, 5) is 14.1. The Hall–Kier alpha value is -1.88. The van der Waals surface area contributed by atoms with Gasteiger partial charge in [-0.2, -0.15) is 0 Å². The standard InChI is InChI=1S/C18H24FNO3/c1-17(2,3)23-16(21)20-15(12-22-18(20,4)5)11-8-13-6-9-14(19)10-7-13/h6-11,15H,12H2,1-5H3/b11-8+/t15-/m1/s1. The number of benzene rings is 1. The van der Waals surface area contributed by atoms with Gasteiger partial charge in [-0.25, -0.2) is 9.18 Å². The van der Waals surface area contributed by atoms with Gasteiger partial charge in [0.05, 0.1) is 12.6 Å². The minimum Gasteiger partial charge on any atom is -0.444 e. The highest BCUT2D eigenvalue weighted by Crippen LogP contribution is 2.30. The summed E-state index contributed by atoms with van der Waals surface area (Å²) in [5.74, 6) is -0.275. The van der Waals surface area contributed by atoms with E-state index in [1.165, 1.54) is 12.1 Å². The Balaban J connectivity index is 2.16. The first-order valence-electron chi connectivity index (χ1n) is 7.68. The number of hydrogen-bond donors (Lipinski definition) is 0. The second-order valence-electron chi connectivity index (χ2n) is 7.09. The average molecular weight is 321 g/mol. The van der Waals surface area contributed by atoms with E-state index in [9.17, 15) is 9.18 Å². The first-order chi connectivity index (χ1) is 10.6. The highest BCUT2D eigenvalue weighted by Gasteiger charge is 2.44. The maximum Gasteiger partial charge on any atom is 0.413 e. The smallest absolute Gasteiger partial charge is 0.413 e. The molecule has 1 aromatic rings. The highest BCUT2D eigenvalue weighted by molar-refractivity contribution is 5.70. The fourth-order valence-corrected chi connectivity index (χ4v) is 2.44. The third kappa shape index (κ3) is 4.55. The van der Waals surface area contributed by atoms with E-state index in [1.807, 2.05) is 46.8 Å². The Morgan fingerprint density at radius 3 is 2.52 bits per heavy atom. The van der Waals surface area contributed by atoms with Crippen molar-refractivity contribution in [1.82, 2.24) is 4.90 Å². The van der Waals surface area contributed by atoms with E-state index in [0.717, 1.165) is 5.56 Å². The summed E-state index contributed by atoms with van der Waals surface area (Å²) in [6, 6.07) is 5.95. The molecule has 0 bridgehead atoms. The number of carbonyl (C=O) groups is 1. The number of amides is 1. The van der Waals surface area contributed by atoms with Gasteiger partial charge in [-0.1, -0.05) is 24.3 Å². The van der Waals surface area contributed by atoms with E-state index in [1.54, 1.807) is 17.0 Å². The van der Waals surface area contributed by atoms with Crippen LogP contribution in [0.2, 0.25) is 0 Å². The van der Waals surface area contributed by atoms with Gasteiger partial charge < -0.3 is 9.47 Å². The van der Waals surface area contributed by atoms with Gasteiger partial charge in [0, 0.05) is 0 Å². The fraction of sp³-hybridized carbons (Fsp3) is 0.500. The summed E-state index contributed by atoms with van der Waals surface area (Å²) in [6.45, 7) is 9.56. The van der Waals surface area contributed by atoms with Crippen molar-refractivity contribution in [3.05, 3.63) is 41.7 Å². The van der Waals surface area contributed by atoms with Gasteiger partial charge in [0.25, 0.3) is 0 Å². The lowest BCUT2D eigenvalue weighted by Gasteiger charge is -2.34. The Morgan fingerprint density at radius 2 is 1.96 bits per heavy atom. The van der Waals surface area contributed by atoms with Crippen molar-refractivity contribution in [1.29, 1.82) is 0 Å². The van der Waals surface area contributed by atoms with Crippen LogP contribution in [-0.4, -0.2) is 35.0 Å². The first-order valence-corrected chi connectivity index (χ1v) is 7.68. The van der Waals surface area contributed by atoms with Crippen LogP contribution >= 0.6 is 0 Å². The zero-order chi connectivity index (χ0) is 17.3. The van der Waals surface area contributed by atoms with E-state index in [2.05, 4.69) is 0 Å². The molecule has 1 fully saturated rings. The lowest BCUT2D eigenvalue weighted by atomic mass is 10.1. The second kappa shape index (κ2) is 6.32. The molecule has 0 radical (unpaired) electrons. The maximum atomic E-state index is 12.9. The van der Waals surface area contributed by atoms with Crippen LogP contribution in [0.5, 0.6) is 0 Å². The molecule has 0 aromatic heterocycles. The molecule has 2 rings (SSSR count). The number of halogens is 1. The lowest BCUT2D eigenvalue weighted by molar-refractivity contribution is -0.0610. The minimum absolute atomic E-state index is 0.232. The Morgan fingerprint density at radius 1 is 1.35 bits per heavy atom. The van der Waals surface area contributed by atoms with E-state index in [4.69, 9.17) is 9.47 Å². The van der Waals surface area contributed by atoms with Crippen LogP contribution in [0, 0.1) is 5.82 Å². The number of rotatable bonds is 2. The van der Waals surface area contributed by atoms with Crippen molar-refractivity contribution in [3.8, 4) is 0 Å². The molecular formula is C18H24FNO3. The van der Waals surface area contributed by atoms with Crippen molar-refractivity contribution < 1.29 is 18.7 Å².